The minimum atomic E-state index is -4.41. The monoisotopic (exact) mass is 533 g/mol. The lowest BCUT2D eigenvalue weighted by Gasteiger charge is -2.22. The lowest BCUT2D eigenvalue weighted by molar-refractivity contribution is -0.145. The van der Waals surface area contributed by atoms with Crippen molar-refractivity contribution >= 4 is 17.1 Å². The van der Waals surface area contributed by atoms with E-state index in [2.05, 4.69) is 0 Å². The molecule has 0 amide bonds. The van der Waals surface area contributed by atoms with Crippen molar-refractivity contribution in [2.45, 2.75) is 56.4 Å². The maximum absolute atomic E-state index is 13.7. The zero-order chi connectivity index (χ0) is 27.0. The Bertz CT molecular complexity index is 1180. The molecule has 0 bridgehead atoms. The number of rotatable bonds is 11. The Balaban J connectivity index is 1.85. The molecule has 0 aliphatic carbocycles. The molecule has 9 heteroatoms. The van der Waals surface area contributed by atoms with E-state index in [1.165, 1.54) is 12.1 Å². The maximum Gasteiger partial charge on any atom is 0.416 e. The second kappa shape index (κ2) is 13.0. The highest BCUT2D eigenvalue weighted by molar-refractivity contribution is 7.91. The van der Waals surface area contributed by atoms with Crippen molar-refractivity contribution in [3.8, 4) is 17.0 Å². The third-order valence-corrected chi connectivity index (χ3v) is 7.43. The van der Waals surface area contributed by atoms with Crippen molar-refractivity contribution in [2.24, 2.45) is 0 Å². The Morgan fingerprint density at radius 1 is 1.08 bits per heavy atom. The molecule has 1 aromatic heterocycles. The number of esters is 1. The Hall–Kier alpha value is -3.04. The minimum absolute atomic E-state index is 0.211. The Kier molecular flexibility index (Phi) is 10.00. The van der Waals surface area contributed by atoms with E-state index in [0.717, 1.165) is 30.5 Å². The first-order valence-electron chi connectivity index (χ1n) is 12.1. The summed E-state index contributed by atoms with van der Waals surface area (Å²) in [6.07, 6.45) is -2.03. The zero-order valence-corrected chi connectivity index (χ0v) is 21.8. The van der Waals surface area contributed by atoms with Gasteiger partial charge in [-0.1, -0.05) is 31.5 Å². The van der Waals surface area contributed by atoms with E-state index in [1.807, 2.05) is 13.8 Å². The van der Waals surface area contributed by atoms with E-state index in [4.69, 9.17) is 14.5 Å². The highest BCUT2D eigenvalue weighted by atomic mass is 32.2. The summed E-state index contributed by atoms with van der Waals surface area (Å²) in [5.41, 5.74) is 1.69. The van der Waals surface area contributed by atoms with Crippen molar-refractivity contribution in [1.82, 2.24) is 4.98 Å². The summed E-state index contributed by atoms with van der Waals surface area (Å²) >= 11 is -1.45. The lowest BCUT2D eigenvalue weighted by Crippen LogP contribution is -2.17. The number of aryl methyl sites for hydroxylation is 1. The van der Waals surface area contributed by atoms with E-state index in [-0.39, 0.29) is 13.2 Å². The summed E-state index contributed by atoms with van der Waals surface area (Å²) in [5, 5.41) is -0.403. The summed E-state index contributed by atoms with van der Waals surface area (Å²) in [7, 11) is 0. The van der Waals surface area contributed by atoms with Gasteiger partial charge in [-0.25, -0.2) is 9.78 Å². The van der Waals surface area contributed by atoms with Gasteiger partial charge in [0.2, 0.25) is 0 Å². The summed E-state index contributed by atoms with van der Waals surface area (Å²) in [5.74, 6) is 0.0366. The number of nitrogens with zero attached hydrogens (tertiary/aromatic N) is 1. The fourth-order valence-electron chi connectivity index (χ4n) is 3.79. The van der Waals surface area contributed by atoms with E-state index >= 15 is 0 Å². The van der Waals surface area contributed by atoms with Crippen molar-refractivity contribution in [1.29, 1.82) is 0 Å². The summed E-state index contributed by atoms with van der Waals surface area (Å²) in [6.45, 7) is 5.64. The van der Waals surface area contributed by atoms with Crippen molar-refractivity contribution in [3.05, 3.63) is 77.5 Å². The number of aromatic nitrogens is 1. The molecule has 0 aliphatic rings. The van der Waals surface area contributed by atoms with E-state index < -0.39 is 34.1 Å². The van der Waals surface area contributed by atoms with Crippen LogP contribution in [-0.4, -0.2) is 28.7 Å². The molecule has 0 N–H and O–H groups in total. The lowest BCUT2D eigenvalue weighted by atomic mass is 10.1. The molecule has 3 rings (SSSR count). The standard InChI is InChI=1S/C28H30F3NO4S/c1-4-6-10-26(37(34)22-15-16-25(19(3)17-22)36-18-27(33)35-5-2)24-9-7-8-23(32-24)20-11-13-21(14-12-20)28(29,30)31/h7-9,11-17,26H,4-6,10,18H2,1-3H3. The molecule has 0 aliphatic heterocycles. The average molecular weight is 534 g/mol. The molecular weight excluding hydrogens is 503 g/mol. The highest BCUT2D eigenvalue weighted by Crippen LogP contribution is 2.36. The number of carbonyl (C=O) groups is 1. The summed E-state index contributed by atoms with van der Waals surface area (Å²) < 4.78 is 62.9. The van der Waals surface area contributed by atoms with Crippen LogP contribution in [0.2, 0.25) is 0 Å². The van der Waals surface area contributed by atoms with Gasteiger partial charge in [0.15, 0.2) is 16.8 Å². The van der Waals surface area contributed by atoms with Gasteiger partial charge in [0.1, 0.15) is 5.75 Å². The molecule has 2 aromatic carbocycles. The van der Waals surface area contributed by atoms with Gasteiger partial charge in [0, 0.05) is 12.0 Å². The fourth-order valence-corrected chi connectivity index (χ4v) is 5.34. The Morgan fingerprint density at radius 2 is 1.81 bits per heavy atom. The topological polar surface area (TPSA) is 71.5 Å². The van der Waals surface area contributed by atoms with Crippen LogP contribution in [0, 0.1) is 6.92 Å². The Labute approximate surface area is 218 Å². The first kappa shape index (κ1) is 28.5. The normalized spacial score (nSPS) is 13.2. The van der Waals surface area contributed by atoms with Gasteiger partial charge in [-0.15, -0.1) is 0 Å². The average Bonchev–Trinajstić information content (AvgIpc) is 2.88. The number of halogens is 3. The van der Waals surface area contributed by atoms with Gasteiger partial charge in [0.25, 0.3) is 0 Å². The molecule has 0 saturated heterocycles. The van der Waals surface area contributed by atoms with Gasteiger partial charge in [-0.2, -0.15) is 13.2 Å². The predicted octanol–water partition coefficient (Wildman–Crippen LogP) is 7.06. The zero-order valence-electron chi connectivity index (χ0n) is 21.0. The second-order valence-corrected chi connectivity index (χ2v) is 10.1. The highest BCUT2D eigenvalue weighted by Gasteiger charge is 2.31. The molecule has 0 fully saturated rings. The van der Waals surface area contributed by atoms with E-state index in [9.17, 15) is 22.5 Å². The number of benzene rings is 2. The summed E-state index contributed by atoms with van der Waals surface area (Å²) in [4.78, 5) is 16.9. The number of hydrogen-bond donors (Lipinski definition) is 0. The number of ether oxygens (including phenoxy) is 2. The molecule has 2 unspecified atom stereocenters. The van der Waals surface area contributed by atoms with Crippen LogP contribution >= 0.6 is 0 Å². The number of alkyl halides is 3. The smallest absolute Gasteiger partial charge is 0.416 e. The van der Waals surface area contributed by atoms with Crippen LogP contribution in [0.5, 0.6) is 5.75 Å². The molecule has 0 radical (unpaired) electrons. The van der Waals surface area contributed by atoms with Crippen molar-refractivity contribution in [3.63, 3.8) is 0 Å². The van der Waals surface area contributed by atoms with Crippen LogP contribution in [0.4, 0.5) is 13.2 Å². The number of carbonyl (C=O) groups excluding carboxylic acids is 1. The van der Waals surface area contributed by atoms with Crippen LogP contribution in [-0.2, 0) is 26.9 Å². The molecule has 0 spiro atoms. The van der Waals surface area contributed by atoms with Crippen molar-refractivity contribution < 1.29 is 32.0 Å². The van der Waals surface area contributed by atoms with Crippen molar-refractivity contribution in [2.75, 3.05) is 13.2 Å². The van der Waals surface area contributed by atoms with Crippen LogP contribution in [0.3, 0.4) is 0 Å². The second-order valence-electron chi connectivity index (χ2n) is 8.47. The quantitative estimate of drug-likeness (QED) is 0.195. The third-order valence-electron chi connectivity index (χ3n) is 5.72. The first-order valence-corrected chi connectivity index (χ1v) is 13.3. The van der Waals surface area contributed by atoms with Gasteiger partial charge >= 0.3 is 12.1 Å². The number of unbranched alkanes of at least 4 members (excludes halogenated alkanes) is 1. The van der Waals surface area contributed by atoms with Gasteiger partial charge < -0.3 is 14.0 Å². The molecule has 3 aromatic rings. The third kappa shape index (κ3) is 7.72. The number of hydrogen-bond acceptors (Lipinski definition) is 5. The van der Waals surface area contributed by atoms with Crippen LogP contribution in [0.15, 0.2) is 65.6 Å². The first-order chi connectivity index (χ1) is 17.6. The van der Waals surface area contributed by atoms with Gasteiger partial charge in [-0.3, -0.25) is 0 Å². The molecule has 0 saturated carbocycles. The molecule has 198 valence electrons. The SMILES string of the molecule is CCCCC(c1cccc(-c2ccc(C(F)(F)F)cc2)n1)[S+]([O-])c1ccc(OCC(=O)OCC)c(C)c1. The molecular formula is C28H30F3NO4S. The molecule has 1 heterocycles. The summed E-state index contributed by atoms with van der Waals surface area (Å²) in [6, 6.07) is 15.3. The van der Waals surface area contributed by atoms with Crippen LogP contribution in [0.1, 0.15) is 55.2 Å². The Morgan fingerprint density at radius 3 is 2.43 bits per heavy atom. The number of pyridine rings is 1. The van der Waals surface area contributed by atoms with Crippen LogP contribution in [0.25, 0.3) is 11.3 Å². The largest absolute Gasteiger partial charge is 0.611 e. The predicted molar refractivity (Wildman–Crippen MR) is 137 cm³/mol. The van der Waals surface area contributed by atoms with Gasteiger partial charge in [-0.05, 0) is 79.5 Å². The minimum Gasteiger partial charge on any atom is -0.611 e. The maximum atomic E-state index is 13.7. The molecule has 5 nitrogen and oxygen atoms in total. The van der Waals surface area contributed by atoms with Crippen LogP contribution < -0.4 is 4.74 Å². The fraction of sp³-hybridized carbons (Fsp3) is 0.357. The van der Waals surface area contributed by atoms with Gasteiger partial charge in [0.05, 0.1) is 23.6 Å². The van der Waals surface area contributed by atoms with E-state index in [1.54, 1.807) is 43.3 Å². The molecule has 2 atom stereocenters. The molecule has 37 heavy (non-hydrogen) atoms. The van der Waals surface area contributed by atoms with E-state index in [0.29, 0.717) is 34.0 Å².